The summed E-state index contributed by atoms with van der Waals surface area (Å²) in [6, 6.07) is 17.1. The lowest BCUT2D eigenvalue weighted by molar-refractivity contribution is -0.158. The van der Waals surface area contributed by atoms with Crippen LogP contribution < -0.4 is 4.74 Å². The van der Waals surface area contributed by atoms with Gasteiger partial charge in [0.1, 0.15) is 18.5 Å². The maximum Gasteiger partial charge on any atom is 0.302 e. The molecule has 0 heterocycles. The van der Waals surface area contributed by atoms with Gasteiger partial charge in [0.05, 0.1) is 0 Å². The van der Waals surface area contributed by atoms with Gasteiger partial charge in [0.15, 0.2) is 0 Å². The first-order valence-corrected chi connectivity index (χ1v) is 13.1. The van der Waals surface area contributed by atoms with E-state index in [0.29, 0.717) is 30.3 Å². The molecule has 2 aromatic carbocycles. The molecule has 5 rings (SSSR count). The van der Waals surface area contributed by atoms with Gasteiger partial charge in [-0.15, -0.1) is 0 Å². The van der Waals surface area contributed by atoms with Gasteiger partial charge < -0.3 is 14.6 Å². The molecule has 0 radical (unpaired) electrons. The second kappa shape index (κ2) is 9.73. The Morgan fingerprint density at radius 1 is 1.15 bits per heavy atom. The van der Waals surface area contributed by atoms with Crippen molar-refractivity contribution in [2.45, 2.75) is 77.4 Å². The summed E-state index contributed by atoms with van der Waals surface area (Å²) in [6.45, 7) is 4.72. The van der Waals surface area contributed by atoms with E-state index >= 15 is 0 Å². The van der Waals surface area contributed by atoms with E-state index in [0.717, 1.165) is 44.3 Å². The number of hydrogen-bond acceptors (Lipinski definition) is 4. The van der Waals surface area contributed by atoms with Crippen LogP contribution in [0.15, 0.2) is 48.5 Å². The summed E-state index contributed by atoms with van der Waals surface area (Å²) in [4.78, 5) is 12.0. The zero-order chi connectivity index (χ0) is 23.7. The maximum absolute atomic E-state index is 12.0. The molecule has 0 bridgehead atoms. The number of esters is 1. The second-order valence-corrected chi connectivity index (χ2v) is 11.0. The predicted molar refractivity (Wildman–Crippen MR) is 133 cm³/mol. The molecule has 1 N–H and O–H groups in total. The van der Waals surface area contributed by atoms with Crippen molar-refractivity contribution in [1.82, 2.24) is 0 Å². The fraction of sp³-hybridized carbons (Fsp3) is 0.567. The van der Waals surface area contributed by atoms with E-state index < -0.39 is 0 Å². The first kappa shape index (κ1) is 23.4. The lowest BCUT2D eigenvalue weighted by atomic mass is 9.55. The molecule has 2 aromatic rings. The molecule has 3 aliphatic rings. The molecular formula is C30H38O4. The van der Waals surface area contributed by atoms with Crippen molar-refractivity contribution >= 4 is 5.97 Å². The second-order valence-electron chi connectivity index (χ2n) is 11.0. The summed E-state index contributed by atoms with van der Waals surface area (Å²) in [7, 11) is 0. The van der Waals surface area contributed by atoms with Gasteiger partial charge in [-0.05, 0) is 97.4 Å². The van der Waals surface area contributed by atoms with Crippen LogP contribution in [-0.4, -0.2) is 23.8 Å². The Balaban J connectivity index is 1.34. The van der Waals surface area contributed by atoms with Crippen LogP contribution in [0.2, 0.25) is 0 Å². The molecule has 34 heavy (non-hydrogen) atoms. The largest absolute Gasteiger partial charge is 0.489 e. The monoisotopic (exact) mass is 462 g/mol. The highest BCUT2D eigenvalue weighted by molar-refractivity contribution is 5.66. The molecule has 3 aliphatic carbocycles. The summed E-state index contributed by atoms with van der Waals surface area (Å²) < 4.78 is 12.1. The number of fused-ring (bicyclic) bond motifs is 5. The first-order chi connectivity index (χ1) is 16.5. The van der Waals surface area contributed by atoms with Gasteiger partial charge in [0, 0.05) is 18.9 Å². The van der Waals surface area contributed by atoms with E-state index in [1.807, 2.05) is 18.2 Å². The molecule has 4 nitrogen and oxygen atoms in total. The average Bonchev–Trinajstić information content (AvgIpc) is 3.12. The van der Waals surface area contributed by atoms with Gasteiger partial charge in [-0.1, -0.05) is 43.3 Å². The van der Waals surface area contributed by atoms with Crippen LogP contribution in [0.3, 0.4) is 0 Å². The quantitative estimate of drug-likeness (QED) is 0.509. The molecule has 0 aliphatic heterocycles. The number of aliphatic hydroxyl groups excluding tert-OH is 1. The van der Waals surface area contributed by atoms with Crippen molar-refractivity contribution in [2.24, 2.45) is 23.2 Å². The molecule has 2 fully saturated rings. The summed E-state index contributed by atoms with van der Waals surface area (Å²) in [5.41, 5.74) is 4.18. The number of hydrogen-bond donors (Lipinski definition) is 1. The van der Waals surface area contributed by atoms with Crippen molar-refractivity contribution in [3.05, 3.63) is 65.2 Å². The summed E-state index contributed by atoms with van der Waals surface area (Å²) in [5, 5.41) is 9.42. The highest BCUT2D eigenvalue weighted by Gasteiger charge is 2.59. The molecule has 0 spiro atoms. The fourth-order valence-electron chi connectivity index (χ4n) is 7.55. The molecule has 0 saturated heterocycles. The summed E-state index contributed by atoms with van der Waals surface area (Å²) >= 11 is 0. The van der Waals surface area contributed by atoms with E-state index in [2.05, 4.69) is 37.3 Å². The highest BCUT2D eigenvalue weighted by Crippen LogP contribution is 2.63. The van der Waals surface area contributed by atoms with Gasteiger partial charge in [0.2, 0.25) is 0 Å². The van der Waals surface area contributed by atoms with Gasteiger partial charge >= 0.3 is 5.97 Å². The lowest BCUT2D eigenvalue weighted by Crippen LogP contribution is -2.45. The van der Waals surface area contributed by atoms with E-state index in [4.69, 9.17) is 9.47 Å². The Bertz CT molecular complexity index is 1000. The number of carbonyl (C=O) groups is 1. The summed E-state index contributed by atoms with van der Waals surface area (Å²) in [5.74, 6) is 2.95. The minimum absolute atomic E-state index is 0.0161. The van der Waals surface area contributed by atoms with Crippen LogP contribution in [0, 0.1) is 23.2 Å². The van der Waals surface area contributed by atoms with Crippen molar-refractivity contribution in [1.29, 1.82) is 0 Å². The zero-order valence-corrected chi connectivity index (χ0v) is 20.5. The first-order valence-electron chi connectivity index (χ1n) is 13.1. The number of aryl methyl sites for hydroxylation is 1. The Kier molecular flexibility index (Phi) is 6.70. The predicted octanol–water partition coefficient (Wildman–Crippen LogP) is 6.05. The van der Waals surface area contributed by atoms with Crippen LogP contribution in [0.1, 0.15) is 75.0 Å². The third-order valence-electron chi connectivity index (χ3n) is 9.04. The number of ether oxygens (including phenoxy) is 2. The van der Waals surface area contributed by atoms with Crippen molar-refractivity contribution in [3.8, 4) is 5.75 Å². The van der Waals surface area contributed by atoms with Crippen LogP contribution >= 0.6 is 0 Å². The number of aliphatic hydroxyl groups is 1. The molecule has 182 valence electrons. The molecule has 6 atom stereocenters. The smallest absolute Gasteiger partial charge is 0.302 e. The lowest BCUT2D eigenvalue weighted by Gasteiger charge is -2.50. The SMILES string of the molecule is CC(=O)O[C@H]1[C@H](CCCO)CC2C3CCc4cc(OCc5ccccc5)ccc4C3CC[C@@]21C. The topological polar surface area (TPSA) is 55.8 Å². The third kappa shape index (κ3) is 4.37. The normalized spacial score (nSPS) is 31.8. The standard InChI is InChI=1S/C30H38O4/c1-20(32)34-29-23(9-6-16-31)18-28-27-12-10-22-17-24(33-19-21-7-4-3-5-8-21)11-13-25(22)26(27)14-15-30(28,29)2/h3-5,7-8,11,13,17,23,26-29,31H,6,9-10,12,14-16,18-19H2,1-2H3/t23-,26?,27?,28?,29+,30+/m1/s1. The van der Waals surface area contributed by atoms with Crippen molar-refractivity contribution in [2.75, 3.05) is 6.61 Å². The molecule has 2 saturated carbocycles. The van der Waals surface area contributed by atoms with Crippen molar-refractivity contribution < 1.29 is 19.4 Å². The van der Waals surface area contributed by atoms with Gasteiger partial charge in [-0.2, -0.15) is 0 Å². The number of carbonyl (C=O) groups excluding carboxylic acids is 1. The van der Waals surface area contributed by atoms with Gasteiger partial charge in [0.25, 0.3) is 0 Å². The zero-order valence-electron chi connectivity index (χ0n) is 20.5. The number of rotatable bonds is 7. The molecule has 3 unspecified atom stereocenters. The van der Waals surface area contributed by atoms with Crippen LogP contribution in [-0.2, 0) is 22.6 Å². The van der Waals surface area contributed by atoms with E-state index in [-0.39, 0.29) is 24.1 Å². The Morgan fingerprint density at radius 3 is 2.74 bits per heavy atom. The third-order valence-corrected chi connectivity index (χ3v) is 9.04. The minimum atomic E-state index is -0.167. The molecular weight excluding hydrogens is 424 g/mol. The van der Waals surface area contributed by atoms with Crippen LogP contribution in [0.4, 0.5) is 0 Å². The Morgan fingerprint density at radius 2 is 1.97 bits per heavy atom. The highest BCUT2D eigenvalue weighted by atomic mass is 16.5. The van der Waals surface area contributed by atoms with E-state index in [9.17, 15) is 9.90 Å². The fourth-order valence-corrected chi connectivity index (χ4v) is 7.55. The maximum atomic E-state index is 12.0. The molecule has 0 amide bonds. The minimum Gasteiger partial charge on any atom is -0.489 e. The molecule has 0 aromatic heterocycles. The van der Waals surface area contributed by atoms with Gasteiger partial charge in [-0.3, -0.25) is 4.79 Å². The summed E-state index contributed by atoms with van der Waals surface area (Å²) in [6.07, 6.45) is 7.35. The average molecular weight is 463 g/mol. The van der Waals surface area contributed by atoms with Crippen molar-refractivity contribution in [3.63, 3.8) is 0 Å². The van der Waals surface area contributed by atoms with E-state index in [1.54, 1.807) is 6.92 Å². The van der Waals surface area contributed by atoms with Gasteiger partial charge in [-0.25, -0.2) is 0 Å². The number of benzene rings is 2. The Hall–Kier alpha value is -2.33. The van der Waals surface area contributed by atoms with E-state index in [1.165, 1.54) is 23.1 Å². The van der Waals surface area contributed by atoms with Crippen LogP contribution in [0.5, 0.6) is 5.75 Å². The Labute approximate surface area is 203 Å². The van der Waals surface area contributed by atoms with Crippen LogP contribution in [0.25, 0.3) is 0 Å². The molecule has 4 heteroatoms.